The average molecular weight is 300 g/mol. The molecule has 0 unspecified atom stereocenters. The van der Waals surface area contributed by atoms with Crippen molar-refractivity contribution in [1.29, 1.82) is 0 Å². The summed E-state index contributed by atoms with van der Waals surface area (Å²) >= 11 is 7.49. The zero-order valence-corrected chi connectivity index (χ0v) is 12.9. The van der Waals surface area contributed by atoms with Gasteiger partial charge in [0.15, 0.2) is 5.01 Å². The first-order valence-corrected chi connectivity index (χ1v) is 7.46. The molecule has 0 saturated carbocycles. The van der Waals surface area contributed by atoms with Crippen LogP contribution in [0, 0.1) is 0 Å². The number of hydrogen-bond donors (Lipinski definition) is 1. The monoisotopic (exact) mass is 299 g/mol. The van der Waals surface area contributed by atoms with Gasteiger partial charge in [-0.1, -0.05) is 11.3 Å². The van der Waals surface area contributed by atoms with Crippen molar-refractivity contribution >= 4 is 22.9 Å². The van der Waals surface area contributed by atoms with Crippen molar-refractivity contribution < 1.29 is 4.42 Å². The highest BCUT2D eigenvalue weighted by Gasteiger charge is 2.12. The summed E-state index contributed by atoms with van der Waals surface area (Å²) in [7, 11) is 0. The summed E-state index contributed by atoms with van der Waals surface area (Å²) in [4.78, 5) is 0. The smallest absolute Gasteiger partial charge is 0.203 e. The summed E-state index contributed by atoms with van der Waals surface area (Å²) < 4.78 is 5.06. The van der Waals surface area contributed by atoms with Gasteiger partial charge in [0, 0.05) is 12.0 Å². The van der Waals surface area contributed by atoms with E-state index in [1.165, 1.54) is 0 Å². The molecule has 4 nitrogen and oxygen atoms in total. The molecule has 19 heavy (non-hydrogen) atoms. The Morgan fingerprint density at radius 2 is 2.16 bits per heavy atom. The van der Waals surface area contributed by atoms with Gasteiger partial charge in [0.2, 0.25) is 5.22 Å². The third-order valence-corrected chi connectivity index (χ3v) is 3.85. The molecule has 104 valence electrons. The predicted octanol–water partition coefficient (Wildman–Crippen LogP) is 3.77. The first-order valence-electron chi connectivity index (χ1n) is 6.26. The molecule has 0 amide bonds. The molecule has 0 aliphatic carbocycles. The molecule has 0 aromatic carbocycles. The fourth-order valence-corrected chi connectivity index (χ4v) is 2.78. The molecule has 0 fully saturated rings. The molecule has 0 bridgehead atoms. The number of furan rings is 1. The third-order valence-electron chi connectivity index (χ3n) is 2.54. The topological polar surface area (TPSA) is 51.0 Å². The maximum absolute atomic E-state index is 5.92. The van der Waals surface area contributed by atoms with Crippen LogP contribution in [0.1, 0.15) is 32.2 Å². The molecule has 0 spiro atoms. The highest BCUT2D eigenvalue weighted by atomic mass is 35.5. The molecule has 6 heteroatoms. The van der Waals surface area contributed by atoms with Gasteiger partial charge in [0.25, 0.3) is 0 Å². The summed E-state index contributed by atoms with van der Waals surface area (Å²) in [6.45, 7) is 7.47. The van der Waals surface area contributed by atoms with Gasteiger partial charge in [-0.15, -0.1) is 10.2 Å². The first kappa shape index (κ1) is 14.5. The second-order valence-corrected chi connectivity index (χ2v) is 6.79. The van der Waals surface area contributed by atoms with Crippen molar-refractivity contribution in [3.05, 3.63) is 22.6 Å². The summed E-state index contributed by atoms with van der Waals surface area (Å²) in [6, 6.07) is 1.81. The van der Waals surface area contributed by atoms with Crippen LogP contribution in [0.4, 0.5) is 0 Å². The fraction of sp³-hybridized carbons (Fsp3) is 0.538. The van der Waals surface area contributed by atoms with Crippen molar-refractivity contribution in [2.75, 3.05) is 6.54 Å². The maximum Gasteiger partial charge on any atom is 0.203 e. The molecule has 0 radical (unpaired) electrons. The van der Waals surface area contributed by atoms with E-state index in [1.807, 2.05) is 6.07 Å². The predicted molar refractivity (Wildman–Crippen MR) is 78.7 cm³/mol. The molecule has 2 aromatic heterocycles. The quantitative estimate of drug-likeness (QED) is 0.854. The number of aryl methyl sites for hydroxylation is 1. The molecule has 0 aliphatic heterocycles. The Labute approximate surface area is 122 Å². The Kier molecular flexibility index (Phi) is 4.60. The van der Waals surface area contributed by atoms with Crippen LogP contribution >= 0.6 is 22.9 Å². The molecule has 2 aromatic rings. The largest absolute Gasteiger partial charge is 0.452 e. The van der Waals surface area contributed by atoms with Gasteiger partial charge in [0.05, 0.1) is 11.8 Å². The summed E-state index contributed by atoms with van der Waals surface area (Å²) in [6.07, 6.45) is 3.53. The zero-order chi connectivity index (χ0) is 13.9. The van der Waals surface area contributed by atoms with Crippen LogP contribution in [0.3, 0.4) is 0 Å². The van der Waals surface area contributed by atoms with E-state index < -0.39 is 0 Å². The molecule has 0 saturated heterocycles. The van der Waals surface area contributed by atoms with E-state index in [2.05, 4.69) is 36.3 Å². The third kappa shape index (κ3) is 4.30. The average Bonchev–Trinajstić information content (AvgIpc) is 2.91. The van der Waals surface area contributed by atoms with Crippen LogP contribution in [-0.4, -0.2) is 22.3 Å². The van der Waals surface area contributed by atoms with Crippen molar-refractivity contribution in [2.45, 2.75) is 39.2 Å². The van der Waals surface area contributed by atoms with E-state index in [1.54, 1.807) is 17.6 Å². The van der Waals surface area contributed by atoms with Crippen LogP contribution in [0.5, 0.6) is 0 Å². The van der Waals surface area contributed by atoms with Gasteiger partial charge in [-0.2, -0.15) is 0 Å². The Morgan fingerprint density at radius 3 is 2.79 bits per heavy atom. The van der Waals surface area contributed by atoms with Gasteiger partial charge in [0.1, 0.15) is 5.01 Å². The number of rotatable bonds is 5. The number of nitrogens with zero attached hydrogens (tertiary/aromatic N) is 2. The first-order chi connectivity index (χ1) is 8.96. The van der Waals surface area contributed by atoms with Crippen LogP contribution < -0.4 is 5.32 Å². The standard InChI is InChI=1S/C13H18ClN3OS/c1-13(2,3)15-7-4-5-10-16-17-12(19-10)9-6-8-18-11(9)14/h6,8,15H,4-5,7H2,1-3H3. The molecule has 0 aliphatic rings. The minimum Gasteiger partial charge on any atom is -0.452 e. The maximum atomic E-state index is 5.92. The van der Waals surface area contributed by atoms with Crippen molar-refractivity contribution in [1.82, 2.24) is 15.5 Å². The minimum absolute atomic E-state index is 0.163. The van der Waals surface area contributed by atoms with Crippen LogP contribution in [0.2, 0.25) is 5.22 Å². The van der Waals surface area contributed by atoms with Crippen LogP contribution in [0.15, 0.2) is 16.7 Å². The summed E-state index contributed by atoms with van der Waals surface area (Å²) in [5.41, 5.74) is 0.981. The molecular formula is C13H18ClN3OS. The highest BCUT2D eigenvalue weighted by Crippen LogP contribution is 2.31. The van der Waals surface area contributed by atoms with E-state index in [0.717, 1.165) is 35.0 Å². The summed E-state index contributed by atoms with van der Waals surface area (Å²) in [5, 5.41) is 14.0. The van der Waals surface area contributed by atoms with Gasteiger partial charge in [-0.05, 0) is 51.4 Å². The summed E-state index contributed by atoms with van der Waals surface area (Å²) in [5.74, 6) is 0. The second kappa shape index (κ2) is 6.03. The lowest BCUT2D eigenvalue weighted by Crippen LogP contribution is -2.36. The lowest BCUT2D eigenvalue weighted by Gasteiger charge is -2.20. The SMILES string of the molecule is CC(C)(C)NCCCc1nnc(-c2ccoc2Cl)s1. The molecular weight excluding hydrogens is 282 g/mol. The minimum atomic E-state index is 0.163. The number of hydrogen-bond acceptors (Lipinski definition) is 5. The Hall–Kier alpha value is -0.910. The second-order valence-electron chi connectivity index (χ2n) is 5.39. The number of halogens is 1. The van der Waals surface area contributed by atoms with Crippen LogP contribution in [-0.2, 0) is 6.42 Å². The highest BCUT2D eigenvalue weighted by molar-refractivity contribution is 7.14. The van der Waals surface area contributed by atoms with Crippen LogP contribution in [0.25, 0.3) is 10.6 Å². The number of aromatic nitrogens is 2. The van der Waals surface area contributed by atoms with Gasteiger partial charge in [-0.25, -0.2) is 0 Å². The lowest BCUT2D eigenvalue weighted by atomic mass is 10.1. The molecule has 2 heterocycles. The van der Waals surface area contributed by atoms with E-state index in [4.69, 9.17) is 16.0 Å². The van der Waals surface area contributed by atoms with E-state index in [9.17, 15) is 0 Å². The lowest BCUT2D eigenvalue weighted by molar-refractivity contribution is 0.422. The molecule has 2 rings (SSSR count). The normalized spacial score (nSPS) is 12.0. The Morgan fingerprint density at radius 1 is 1.37 bits per heavy atom. The van der Waals surface area contributed by atoms with E-state index in [-0.39, 0.29) is 5.54 Å². The van der Waals surface area contributed by atoms with Crippen molar-refractivity contribution in [3.8, 4) is 10.6 Å². The zero-order valence-electron chi connectivity index (χ0n) is 11.4. The molecule has 1 N–H and O–H groups in total. The van der Waals surface area contributed by atoms with Gasteiger partial charge >= 0.3 is 0 Å². The fourth-order valence-electron chi connectivity index (χ4n) is 1.61. The number of nitrogens with one attached hydrogen (secondary N) is 1. The van der Waals surface area contributed by atoms with E-state index in [0.29, 0.717) is 5.22 Å². The van der Waals surface area contributed by atoms with Crippen molar-refractivity contribution in [3.63, 3.8) is 0 Å². The Bertz CT molecular complexity index is 530. The van der Waals surface area contributed by atoms with Gasteiger partial charge < -0.3 is 9.73 Å². The van der Waals surface area contributed by atoms with E-state index >= 15 is 0 Å². The van der Waals surface area contributed by atoms with Crippen molar-refractivity contribution in [2.24, 2.45) is 0 Å². The molecule has 0 atom stereocenters. The Balaban J connectivity index is 1.87. The van der Waals surface area contributed by atoms with Gasteiger partial charge in [-0.3, -0.25) is 0 Å².